The van der Waals surface area contributed by atoms with Gasteiger partial charge in [-0.15, -0.1) is 0 Å². The number of aromatic nitrogens is 1. The van der Waals surface area contributed by atoms with Crippen LogP contribution < -0.4 is 0 Å². The predicted molar refractivity (Wildman–Crippen MR) is 40.5 cm³/mol. The minimum atomic E-state index is -1.05. The zero-order valence-electron chi connectivity index (χ0n) is 6.19. The Balaban J connectivity index is 3.10. The standard InChI is InChI=1S/C8H6N2O2/c9-4-3-7-6(8(11)12)2-1-5-10-7/h1-2,5H,3H2,(H,11,12). The van der Waals surface area contributed by atoms with Gasteiger partial charge >= 0.3 is 5.97 Å². The van der Waals surface area contributed by atoms with Crippen LogP contribution in [0.15, 0.2) is 18.3 Å². The first-order chi connectivity index (χ1) is 5.75. The molecule has 0 radical (unpaired) electrons. The molecule has 0 bridgehead atoms. The smallest absolute Gasteiger partial charge is 0.337 e. The number of nitriles is 1. The molecule has 1 N–H and O–H groups in total. The van der Waals surface area contributed by atoms with Crippen LogP contribution in [0.1, 0.15) is 16.1 Å². The average Bonchev–Trinajstić information content (AvgIpc) is 2.05. The highest BCUT2D eigenvalue weighted by molar-refractivity contribution is 5.88. The van der Waals surface area contributed by atoms with Gasteiger partial charge in [-0.3, -0.25) is 4.98 Å². The molecule has 1 heterocycles. The molecule has 1 rings (SSSR count). The zero-order valence-corrected chi connectivity index (χ0v) is 6.19. The largest absolute Gasteiger partial charge is 0.478 e. The summed E-state index contributed by atoms with van der Waals surface area (Å²) >= 11 is 0. The minimum Gasteiger partial charge on any atom is -0.478 e. The maximum absolute atomic E-state index is 10.5. The number of aromatic carboxylic acids is 1. The van der Waals surface area contributed by atoms with Crippen LogP contribution in [0.2, 0.25) is 0 Å². The first-order valence-electron chi connectivity index (χ1n) is 3.30. The SMILES string of the molecule is N#CCc1ncccc1C(=O)O. The number of hydrogen-bond donors (Lipinski definition) is 1. The van der Waals surface area contributed by atoms with Gasteiger partial charge in [0.1, 0.15) is 0 Å². The minimum absolute atomic E-state index is 0.0302. The van der Waals surface area contributed by atoms with E-state index in [4.69, 9.17) is 10.4 Å². The summed E-state index contributed by atoms with van der Waals surface area (Å²) in [5.41, 5.74) is 0.409. The molecular formula is C8H6N2O2. The van der Waals surface area contributed by atoms with E-state index in [0.29, 0.717) is 5.69 Å². The third-order valence-electron chi connectivity index (χ3n) is 1.37. The van der Waals surface area contributed by atoms with Gasteiger partial charge in [-0.2, -0.15) is 5.26 Å². The fraction of sp³-hybridized carbons (Fsp3) is 0.125. The molecular weight excluding hydrogens is 156 g/mol. The molecule has 0 atom stereocenters. The van der Waals surface area contributed by atoms with Gasteiger partial charge in [-0.25, -0.2) is 4.79 Å². The predicted octanol–water partition coefficient (Wildman–Crippen LogP) is 0.846. The Kier molecular flexibility index (Phi) is 2.38. The van der Waals surface area contributed by atoms with Crippen LogP contribution in [0.3, 0.4) is 0 Å². The van der Waals surface area contributed by atoms with Gasteiger partial charge in [0.15, 0.2) is 0 Å². The van der Waals surface area contributed by atoms with Gasteiger partial charge in [-0.1, -0.05) is 0 Å². The van der Waals surface area contributed by atoms with Gasteiger partial charge in [0.05, 0.1) is 23.7 Å². The van der Waals surface area contributed by atoms with E-state index in [-0.39, 0.29) is 12.0 Å². The second kappa shape index (κ2) is 3.49. The van der Waals surface area contributed by atoms with Crippen molar-refractivity contribution in [3.63, 3.8) is 0 Å². The van der Waals surface area contributed by atoms with E-state index in [0.717, 1.165) is 0 Å². The van der Waals surface area contributed by atoms with Crippen molar-refractivity contribution in [3.8, 4) is 6.07 Å². The highest BCUT2D eigenvalue weighted by atomic mass is 16.4. The second-order valence-electron chi connectivity index (χ2n) is 2.14. The second-order valence-corrected chi connectivity index (χ2v) is 2.14. The van der Waals surface area contributed by atoms with E-state index in [1.165, 1.54) is 18.3 Å². The highest BCUT2D eigenvalue weighted by Gasteiger charge is 2.08. The third kappa shape index (κ3) is 1.58. The molecule has 0 aliphatic carbocycles. The maximum Gasteiger partial charge on any atom is 0.337 e. The molecule has 0 saturated carbocycles. The number of carboxylic acids is 1. The van der Waals surface area contributed by atoms with Crippen LogP contribution in [-0.4, -0.2) is 16.1 Å². The summed E-state index contributed by atoms with van der Waals surface area (Å²) in [5.74, 6) is -1.05. The molecule has 60 valence electrons. The lowest BCUT2D eigenvalue weighted by Crippen LogP contribution is -2.03. The van der Waals surface area contributed by atoms with Crippen molar-refractivity contribution < 1.29 is 9.90 Å². The summed E-state index contributed by atoms with van der Waals surface area (Å²) < 4.78 is 0. The Morgan fingerprint density at radius 1 is 1.75 bits per heavy atom. The molecule has 0 saturated heterocycles. The van der Waals surface area contributed by atoms with E-state index in [1.807, 2.05) is 6.07 Å². The molecule has 12 heavy (non-hydrogen) atoms. The molecule has 1 aromatic heterocycles. The summed E-state index contributed by atoms with van der Waals surface area (Å²) in [6.45, 7) is 0. The number of pyridine rings is 1. The Bertz CT molecular complexity index is 341. The summed E-state index contributed by atoms with van der Waals surface area (Å²) in [4.78, 5) is 14.3. The van der Waals surface area contributed by atoms with E-state index in [1.54, 1.807) is 0 Å². The van der Waals surface area contributed by atoms with Crippen LogP contribution in [0.5, 0.6) is 0 Å². The lowest BCUT2D eigenvalue weighted by Gasteiger charge is -1.98. The van der Waals surface area contributed by atoms with Crippen LogP contribution in [0.4, 0.5) is 0 Å². The molecule has 0 fully saturated rings. The Morgan fingerprint density at radius 2 is 2.50 bits per heavy atom. The van der Waals surface area contributed by atoms with Crippen molar-refractivity contribution in [2.75, 3.05) is 0 Å². The Hall–Kier alpha value is -1.89. The normalized spacial score (nSPS) is 8.92. The number of hydrogen-bond acceptors (Lipinski definition) is 3. The van der Waals surface area contributed by atoms with Crippen molar-refractivity contribution in [1.29, 1.82) is 5.26 Å². The summed E-state index contributed by atoms with van der Waals surface area (Å²) in [7, 11) is 0. The van der Waals surface area contributed by atoms with Gasteiger partial charge in [0, 0.05) is 6.20 Å². The van der Waals surface area contributed by atoms with E-state index >= 15 is 0 Å². The number of carboxylic acid groups (broad SMARTS) is 1. The first kappa shape index (κ1) is 8.21. The number of carbonyl (C=O) groups is 1. The van der Waals surface area contributed by atoms with Crippen molar-refractivity contribution in [2.45, 2.75) is 6.42 Å². The maximum atomic E-state index is 10.5. The van der Waals surface area contributed by atoms with E-state index < -0.39 is 5.97 Å². The fourth-order valence-electron chi connectivity index (χ4n) is 0.848. The monoisotopic (exact) mass is 162 g/mol. The van der Waals surface area contributed by atoms with Crippen LogP contribution in [0.25, 0.3) is 0 Å². The Labute approximate surface area is 69.1 Å². The van der Waals surface area contributed by atoms with Gasteiger partial charge in [0.2, 0.25) is 0 Å². The topological polar surface area (TPSA) is 74.0 Å². The molecule has 0 spiro atoms. The van der Waals surface area contributed by atoms with Crippen molar-refractivity contribution >= 4 is 5.97 Å². The highest BCUT2D eigenvalue weighted by Crippen LogP contribution is 2.04. The molecule has 0 unspecified atom stereocenters. The lowest BCUT2D eigenvalue weighted by atomic mass is 10.1. The molecule has 0 aliphatic rings. The first-order valence-corrected chi connectivity index (χ1v) is 3.30. The van der Waals surface area contributed by atoms with Gasteiger partial charge < -0.3 is 5.11 Å². The van der Waals surface area contributed by atoms with Crippen LogP contribution in [0, 0.1) is 11.3 Å². The number of rotatable bonds is 2. The van der Waals surface area contributed by atoms with Gasteiger partial charge in [-0.05, 0) is 12.1 Å². The zero-order chi connectivity index (χ0) is 8.97. The summed E-state index contributed by atoms with van der Waals surface area (Å²) in [6, 6.07) is 4.82. The molecule has 0 aliphatic heterocycles. The van der Waals surface area contributed by atoms with Gasteiger partial charge in [0.25, 0.3) is 0 Å². The molecule has 4 heteroatoms. The molecule has 0 aromatic carbocycles. The molecule has 0 amide bonds. The van der Waals surface area contributed by atoms with Crippen LogP contribution >= 0.6 is 0 Å². The quantitative estimate of drug-likeness (QED) is 0.699. The van der Waals surface area contributed by atoms with Crippen molar-refractivity contribution in [2.24, 2.45) is 0 Å². The van der Waals surface area contributed by atoms with Crippen LogP contribution in [-0.2, 0) is 6.42 Å². The van der Waals surface area contributed by atoms with E-state index in [9.17, 15) is 4.79 Å². The fourth-order valence-corrected chi connectivity index (χ4v) is 0.848. The molecule has 1 aromatic rings. The summed E-state index contributed by atoms with van der Waals surface area (Å²) in [6.07, 6.45) is 1.50. The average molecular weight is 162 g/mol. The van der Waals surface area contributed by atoms with Crippen molar-refractivity contribution in [3.05, 3.63) is 29.6 Å². The molecule has 4 nitrogen and oxygen atoms in total. The lowest BCUT2D eigenvalue weighted by molar-refractivity contribution is 0.0695. The number of nitrogens with zero attached hydrogens (tertiary/aromatic N) is 2. The van der Waals surface area contributed by atoms with Crippen molar-refractivity contribution in [1.82, 2.24) is 4.98 Å². The Morgan fingerprint density at radius 3 is 3.08 bits per heavy atom. The van der Waals surface area contributed by atoms with E-state index in [2.05, 4.69) is 4.98 Å². The summed E-state index contributed by atoms with van der Waals surface area (Å²) in [5, 5.41) is 17.0. The third-order valence-corrected chi connectivity index (χ3v) is 1.37.